The highest BCUT2D eigenvalue weighted by molar-refractivity contribution is 9.10. The van der Waals surface area contributed by atoms with Crippen molar-refractivity contribution in [2.24, 2.45) is 0 Å². The van der Waals surface area contributed by atoms with E-state index in [-0.39, 0.29) is 5.41 Å². The summed E-state index contributed by atoms with van der Waals surface area (Å²) in [5.74, 6) is 0. The fraction of sp³-hybridized carbons (Fsp3) is 0.0909. The van der Waals surface area contributed by atoms with Crippen LogP contribution in [-0.4, -0.2) is 0 Å². The monoisotopic (exact) mass is 528 g/mol. The zero-order valence-corrected chi connectivity index (χ0v) is 21.8. The second-order valence-electron chi connectivity index (χ2n) is 10.3. The number of halogens is 1. The molecular weight excluding hydrogens is 508 g/mol. The molecule has 0 nitrogen and oxygen atoms in total. The summed E-state index contributed by atoms with van der Waals surface area (Å²) < 4.78 is 3.84. The van der Waals surface area contributed by atoms with Crippen LogP contribution in [0.15, 0.2) is 95.5 Å². The van der Waals surface area contributed by atoms with Crippen LogP contribution < -0.4 is 0 Å². The second-order valence-corrected chi connectivity index (χ2v) is 12.2. The Morgan fingerprint density at radius 2 is 1.20 bits per heavy atom. The molecule has 6 aromatic carbocycles. The van der Waals surface area contributed by atoms with Crippen molar-refractivity contribution >= 4 is 79.8 Å². The predicted octanol–water partition coefficient (Wildman–Crippen LogP) is 10.6. The standard InChI is InChI=1S/C33H21BrS/c1-33(2)28-12-6-5-10-20(28)26-14-22-18-8-3-4-9-19(18)23-15-27-21-11-7-13-30(34)32(21)35-31(27)17-25(23)24(22)16-29(26)33/h3-17H,1-2H3. The lowest BCUT2D eigenvalue weighted by Crippen LogP contribution is -2.14. The minimum atomic E-state index is -0.00926. The summed E-state index contributed by atoms with van der Waals surface area (Å²) in [6.07, 6.45) is 0. The number of fused-ring (bicyclic) bond motifs is 12. The van der Waals surface area contributed by atoms with Crippen LogP contribution in [0.2, 0.25) is 0 Å². The Morgan fingerprint density at radius 1 is 0.543 bits per heavy atom. The predicted molar refractivity (Wildman–Crippen MR) is 157 cm³/mol. The zero-order valence-electron chi connectivity index (χ0n) is 19.4. The van der Waals surface area contributed by atoms with Crippen molar-refractivity contribution in [3.05, 3.63) is 107 Å². The van der Waals surface area contributed by atoms with Crippen LogP contribution in [0.4, 0.5) is 0 Å². The fourth-order valence-corrected chi connectivity index (χ4v) is 8.14. The van der Waals surface area contributed by atoms with Crippen LogP contribution in [0.3, 0.4) is 0 Å². The Labute approximate surface area is 215 Å². The lowest BCUT2D eigenvalue weighted by Gasteiger charge is -2.22. The van der Waals surface area contributed by atoms with Crippen molar-refractivity contribution in [3.8, 4) is 11.1 Å². The maximum absolute atomic E-state index is 3.78. The molecule has 0 bridgehead atoms. The van der Waals surface area contributed by atoms with Crippen molar-refractivity contribution in [3.63, 3.8) is 0 Å². The van der Waals surface area contributed by atoms with Gasteiger partial charge in [0.25, 0.3) is 0 Å². The normalized spacial score (nSPS) is 14.4. The first-order chi connectivity index (χ1) is 17.0. The van der Waals surface area contributed by atoms with E-state index in [2.05, 4.69) is 121 Å². The van der Waals surface area contributed by atoms with Gasteiger partial charge in [0.2, 0.25) is 0 Å². The summed E-state index contributed by atoms with van der Waals surface area (Å²) in [5, 5.41) is 10.7. The van der Waals surface area contributed by atoms with Gasteiger partial charge in [-0.1, -0.05) is 74.5 Å². The van der Waals surface area contributed by atoms with Gasteiger partial charge in [0, 0.05) is 30.1 Å². The largest absolute Gasteiger partial charge is 0.134 e. The molecule has 8 rings (SSSR count). The molecule has 1 aliphatic rings. The van der Waals surface area contributed by atoms with Crippen LogP contribution in [0, 0.1) is 0 Å². The highest BCUT2D eigenvalue weighted by Gasteiger charge is 2.35. The van der Waals surface area contributed by atoms with E-state index in [0.717, 1.165) is 0 Å². The Bertz CT molecular complexity index is 2040. The van der Waals surface area contributed by atoms with Crippen LogP contribution in [-0.2, 0) is 5.41 Å². The van der Waals surface area contributed by atoms with Crippen LogP contribution >= 0.6 is 27.3 Å². The Balaban J connectivity index is 1.60. The van der Waals surface area contributed by atoms with Crippen molar-refractivity contribution in [1.29, 1.82) is 0 Å². The SMILES string of the molecule is CC1(C)c2ccccc2-c2cc3c4ccccc4c4cc5c(cc4c3cc21)sc1c(Br)cccc15. The molecule has 0 saturated heterocycles. The first-order valence-corrected chi connectivity index (χ1v) is 13.7. The molecule has 1 heterocycles. The third-order valence-corrected chi connectivity index (χ3v) is 10.2. The summed E-state index contributed by atoms with van der Waals surface area (Å²) in [4.78, 5) is 0. The number of rotatable bonds is 0. The van der Waals surface area contributed by atoms with Gasteiger partial charge in [-0.2, -0.15) is 0 Å². The molecule has 0 spiro atoms. The average molecular weight is 530 g/mol. The molecule has 0 saturated carbocycles. The molecule has 1 aliphatic carbocycles. The van der Waals surface area contributed by atoms with Crippen molar-refractivity contribution in [2.75, 3.05) is 0 Å². The lowest BCUT2D eigenvalue weighted by atomic mass is 9.81. The first kappa shape index (κ1) is 20.0. The molecule has 0 atom stereocenters. The number of hydrogen-bond donors (Lipinski definition) is 0. The van der Waals surface area contributed by atoms with E-state index in [0.29, 0.717) is 0 Å². The lowest BCUT2D eigenvalue weighted by molar-refractivity contribution is 0.661. The summed E-state index contributed by atoms with van der Waals surface area (Å²) in [6, 6.07) is 34.2. The molecule has 0 N–H and O–H groups in total. The highest BCUT2D eigenvalue weighted by atomic mass is 79.9. The van der Waals surface area contributed by atoms with Gasteiger partial charge >= 0.3 is 0 Å². The summed E-state index contributed by atoms with van der Waals surface area (Å²) >= 11 is 5.67. The van der Waals surface area contributed by atoms with E-state index >= 15 is 0 Å². The molecule has 0 unspecified atom stereocenters. The van der Waals surface area contributed by atoms with E-state index in [9.17, 15) is 0 Å². The van der Waals surface area contributed by atoms with Gasteiger partial charge in [-0.15, -0.1) is 11.3 Å². The van der Waals surface area contributed by atoms with E-state index in [1.165, 1.54) is 79.2 Å². The molecule has 2 heteroatoms. The minimum absolute atomic E-state index is 0.00926. The van der Waals surface area contributed by atoms with Crippen molar-refractivity contribution < 1.29 is 0 Å². The second kappa shape index (κ2) is 6.72. The number of benzene rings is 6. The van der Waals surface area contributed by atoms with Gasteiger partial charge in [0.15, 0.2) is 0 Å². The fourth-order valence-electron chi connectivity index (χ4n) is 6.40. The van der Waals surface area contributed by atoms with Gasteiger partial charge in [-0.25, -0.2) is 0 Å². The van der Waals surface area contributed by atoms with E-state index < -0.39 is 0 Å². The van der Waals surface area contributed by atoms with E-state index in [1.54, 1.807) is 0 Å². The van der Waals surface area contributed by atoms with Gasteiger partial charge in [0.1, 0.15) is 0 Å². The molecule has 166 valence electrons. The van der Waals surface area contributed by atoms with E-state index in [1.807, 2.05) is 11.3 Å². The zero-order chi connectivity index (χ0) is 23.5. The van der Waals surface area contributed by atoms with Gasteiger partial charge in [-0.3, -0.25) is 0 Å². The molecular formula is C33H21BrS. The molecule has 7 aromatic rings. The average Bonchev–Trinajstić information content (AvgIpc) is 3.36. The summed E-state index contributed by atoms with van der Waals surface area (Å²) in [6.45, 7) is 4.74. The first-order valence-electron chi connectivity index (χ1n) is 12.1. The third-order valence-electron chi connectivity index (χ3n) is 8.11. The van der Waals surface area contributed by atoms with Gasteiger partial charge < -0.3 is 0 Å². The molecule has 35 heavy (non-hydrogen) atoms. The molecule has 1 aromatic heterocycles. The Kier molecular flexibility index (Phi) is 3.85. The van der Waals surface area contributed by atoms with Crippen molar-refractivity contribution in [1.82, 2.24) is 0 Å². The number of thiophene rings is 1. The van der Waals surface area contributed by atoms with Gasteiger partial charge in [-0.05, 0) is 101 Å². The molecule has 0 radical (unpaired) electrons. The van der Waals surface area contributed by atoms with Crippen molar-refractivity contribution in [2.45, 2.75) is 19.3 Å². The summed E-state index contributed by atoms with van der Waals surface area (Å²) in [7, 11) is 0. The Morgan fingerprint density at radius 3 is 2.03 bits per heavy atom. The molecule has 0 fully saturated rings. The van der Waals surface area contributed by atoms with Gasteiger partial charge in [0.05, 0.1) is 0 Å². The molecule has 0 amide bonds. The van der Waals surface area contributed by atoms with Crippen LogP contribution in [0.5, 0.6) is 0 Å². The smallest absolute Gasteiger partial charge is 0.0497 e. The van der Waals surface area contributed by atoms with E-state index in [4.69, 9.17) is 0 Å². The minimum Gasteiger partial charge on any atom is -0.134 e. The van der Waals surface area contributed by atoms with Crippen LogP contribution in [0.25, 0.3) is 63.6 Å². The Hall–Kier alpha value is -3.20. The molecule has 0 aliphatic heterocycles. The maximum atomic E-state index is 3.78. The third kappa shape index (κ3) is 2.51. The highest BCUT2D eigenvalue weighted by Crippen LogP contribution is 2.52. The summed E-state index contributed by atoms with van der Waals surface area (Å²) in [5.41, 5.74) is 5.61. The topological polar surface area (TPSA) is 0 Å². The van der Waals surface area contributed by atoms with Crippen LogP contribution in [0.1, 0.15) is 25.0 Å². The quantitative estimate of drug-likeness (QED) is 0.171. The maximum Gasteiger partial charge on any atom is 0.0497 e. The number of hydrogen-bond acceptors (Lipinski definition) is 1.